The third-order valence-corrected chi connectivity index (χ3v) is 2.42. The average molecular weight is 220 g/mol. The first-order valence-corrected chi connectivity index (χ1v) is 4.90. The van der Waals surface area contributed by atoms with Crippen LogP contribution in [0.15, 0.2) is 30.3 Å². The molecule has 0 aliphatic carbocycles. The number of rotatable bonds is 3. The number of carbonyl (C=O) groups excluding carboxylic acids is 2. The number of nitrogens with one attached hydrogen (secondary N) is 1. The second-order valence-electron chi connectivity index (χ2n) is 3.50. The lowest BCUT2D eigenvalue weighted by atomic mass is 10.2. The fraction of sp³-hybridized carbons (Fsp3) is 0.273. The molecule has 1 aliphatic heterocycles. The van der Waals surface area contributed by atoms with E-state index in [9.17, 15) is 9.59 Å². The zero-order valence-corrected chi connectivity index (χ0v) is 8.84. The van der Waals surface area contributed by atoms with E-state index in [2.05, 4.69) is 5.32 Å². The van der Waals surface area contributed by atoms with Crippen LogP contribution in [-0.4, -0.2) is 30.2 Å². The maximum atomic E-state index is 11.5. The van der Waals surface area contributed by atoms with Crippen LogP contribution < -0.4 is 5.32 Å². The van der Waals surface area contributed by atoms with Crippen molar-refractivity contribution in [2.24, 2.45) is 0 Å². The van der Waals surface area contributed by atoms with Crippen molar-refractivity contribution in [2.45, 2.75) is 12.8 Å². The summed E-state index contributed by atoms with van der Waals surface area (Å²) in [5.41, 5.74) is 0.953. The molecule has 16 heavy (non-hydrogen) atoms. The number of carbonyl (C=O) groups is 2. The Morgan fingerprint density at radius 2 is 2.00 bits per heavy atom. The second kappa shape index (κ2) is 4.32. The molecule has 0 bridgehead atoms. The summed E-state index contributed by atoms with van der Waals surface area (Å²) in [5, 5.41) is 2.21. The molecule has 1 unspecified atom stereocenters. The van der Waals surface area contributed by atoms with Crippen LogP contribution in [0.5, 0.6) is 0 Å². The van der Waals surface area contributed by atoms with E-state index in [1.54, 1.807) is 0 Å². The van der Waals surface area contributed by atoms with E-state index < -0.39 is 18.2 Å². The second-order valence-corrected chi connectivity index (χ2v) is 3.50. The topological polar surface area (TPSA) is 58.6 Å². The number of nitrogens with zero attached hydrogens (tertiary/aromatic N) is 1. The number of imide groups is 1. The van der Waals surface area contributed by atoms with Crippen molar-refractivity contribution in [2.75, 3.05) is 7.11 Å². The van der Waals surface area contributed by atoms with Gasteiger partial charge in [-0.15, -0.1) is 0 Å². The van der Waals surface area contributed by atoms with Crippen LogP contribution in [0.1, 0.15) is 5.56 Å². The molecule has 1 saturated heterocycles. The first kappa shape index (κ1) is 10.6. The predicted molar refractivity (Wildman–Crippen MR) is 56.3 cm³/mol. The Kier molecular flexibility index (Phi) is 2.87. The van der Waals surface area contributed by atoms with Gasteiger partial charge in [0.2, 0.25) is 6.23 Å². The molecule has 0 spiro atoms. The summed E-state index contributed by atoms with van der Waals surface area (Å²) in [7, 11) is 1.40. The standard InChI is InChI=1S/C11H12N2O3/c1-16-10-9(14)12-11(15)13(10)7-8-5-3-2-4-6-8/h2-6,10H,7H2,1H3,(H,12,14,15). The van der Waals surface area contributed by atoms with E-state index in [-0.39, 0.29) is 0 Å². The molecule has 1 N–H and O–H groups in total. The number of hydrogen-bond donors (Lipinski definition) is 1. The lowest BCUT2D eigenvalue weighted by Crippen LogP contribution is -2.35. The minimum atomic E-state index is -0.826. The summed E-state index contributed by atoms with van der Waals surface area (Å²) in [5.74, 6) is -0.413. The molecule has 2 rings (SSSR count). The summed E-state index contributed by atoms with van der Waals surface area (Å²) in [4.78, 5) is 24.1. The minimum absolute atomic E-state index is 0.358. The number of hydrogen-bond acceptors (Lipinski definition) is 3. The molecule has 1 aromatic carbocycles. The van der Waals surface area contributed by atoms with Crippen molar-refractivity contribution in [1.82, 2.24) is 10.2 Å². The van der Waals surface area contributed by atoms with Crippen LogP contribution >= 0.6 is 0 Å². The summed E-state index contributed by atoms with van der Waals surface area (Å²) >= 11 is 0. The van der Waals surface area contributed by atoms with E-state index >= 15 is 0 Å². The minimum Gasteiger partial charge on any atom is -0.353 e. The van der Waals surface area contributed by atoms with Crippen molar-refractivity contribution in [1.29, 1.82) is 0 Å². The van der Waals surface area contributed by atoms with Gasteiger partial charge >= 0.3 is 6.03 Å². The number of methoxy groups -OCH3 is 1. The zero-order chi connectivity index (χ0) is 11.5. The van der Waals surface area contributed by atoms with Gasteiger partial charge in [-0.25, -0.2) is 4.79 Å². The molecule has 0 saturated carbocycles. The molecule has 1 aliphatic rings. The van der Waals surface area contributed by atoms with E-state index in [0.29, 0.717) is 6.54 Å². The number of ether oxygens (including phenoxy) is 1. The van der Waals surface area contributed by atoms with Gasteiger partial charge in [0.15, 0.2) is 0 Å². The van der Waals surface area contributed by atoms with E-state index in [0.717, 1.165) is 5.56 Å². The summed E-state index contributed by atoms with van der Waals surface area (Å²) < 4.78 is 4.97. The molecular formula is C11H12N2O3. The SMILES string of the molecule is COC1C(=O)NC(=O)N1Cc1ccccc1. The van der Waals surface area contributed by atoms with Crippen LogP contribution in [0.25, 0.3) is 0 Å². The van der Waals surface area contributed by atoms with Crippen molar-refractivity contribution < 1.29 is 14.3 Å². The van der Waals surface area contributed by atoms with Gasteiger partial charge in [-0.2, -0.15) is 0 Å². The van der Waals surface area contributed by atoms with Gasteiger partial charge in [0, 0.05) is 7.11 Å². The molecule has 0 aromatic heterocycles. The van der Waals surface area contributed by atoms with Gasteiger partial charge in [0.1, 0.15) is 0 Å². The lowest BCUT2D eigenvalue weighted by molar-refractivity contribution is -0.133. The zero-order valence-electron chi connectivity index (χ0n) is 8.84. The van der Waals surface area contributed by atoms with Gasteiger partial charge in [-0.3, -0.25) is 15.0 Å². The Balaban J connectivity index is 2.14. The Bertz CT molecular complexity index is 405. The van der Waals surface area contributed by atoms with Crippen molar-refractivity contribution in [3.05, 3.63) is 35.9 Å². The van der Waals surface area contributed by atoms with Gasteiger partial charge < -0.3 is 4.74 Å². The molecule has 1 heterocycles. The van der Waals surface area contributed by atoms with Gasteiger partial charge in [-0.05, 0) is 5.56 Å². The van der Waals surface area contributed by atoms with Crippen LogP contribution in [0.2, 0.25) is 0 Å². The number of benzene rings is 1. The Morgan fingerprint density at radius 3 is 2.62 bits per heavy atom. The molecule has 1 atom stereocenters. The molecule has 5 nitrogen and oxygen atoms in total. The van der Waals surface area contributed by atoms with Crippen molar-refractivity contribution in [3.8, 4) is 0 Å². The molecule has 84 valence electrons. The van der Waals surface area contributed by atoms with Crippen LogP contribution in [0, 0.1) is 0 Å². The third-order valence-electron chi connectivity index (χ3n) is 2.42. The molecule has 5 heteroatoms. The quantitative estimate of drug-likeness (QED) is 0.763. The van der Waals surface area contributed by atoms with Gasteiger partial charge in [0.05, 0.1) is 6.54 Å². The van der Waals surface area contributed by atoms with Gasteiger partial charge in [0.25, 0.3) is 5.91 Å². The largest absolute Gasteiger partial charge is 0.353 e. The normalized spacial score (nSPS) is 20.1. The fourth-order valence-corrected chi connectivity index (χ4v) is 1.66. The first-order valence-electron chi connectivity index (χ1n) is 4.90. The van der Waals surface area contributed by atoms with Crippen LogP contribution in [0.3, 0.4) is 0 Å². The summed E-state index contributed by atoms with van der Waals surface area (Å²) in [6.45, 7) is 0.358. The molecule has 3 amide bonds. The Hall–Kier alpha value is -1.88. The third kappa shape index (κ3) is 1.90. The Morgan fingerprint density at radius 1 is 1.31 bits per heavy atom. The molecule has 0 radical (unpaired) electrons. The number of amides is 3. The maximum absolute atomic E-state index is 11.5. The predicted octanol–water partition coefficient (Wildman–Crippen LogP) is 0.711. The van der Waals surface area contributed by atoms with Crippen LogP contribution in [-0.2, 0) is 16.1 Å². The summed E-state index contributed by atoms with van der Waals surface area (Å²) in [6.07, 6.45) is -0.826. The molecule has 1 fully saturated rings. The summed E-state index contributed by atoms with van der Waals surface area (Å²) in [6, 6.07) is 9.03. The smallest absolute Gasteiger partial charge is 0.326 e. The van der Waals surface area contributed by atoms with E-state index in [1.807, 2.05) is 30.3 Å². The highest BCUT2D eigenvalue weighted by molar-refractivity contribution is 6.03. The highest BCUT2D eigenvalue weighted by Gasteiger charge is 2.38. The Labute approximate surface area is 93.0 Å². The van der Waals surface area contributed by atoms with E-state index in [4.69, 9.17) is 4.74 Å². The number of urea groups is 1. The maximum Gasteiger partial charge on any atom is 0.326 e. The average Bonchev–Trinajstić information content (AvgIpc) is 2.55. The van der Waals surface area contributed by atoms with Gasteiger partial charge in [-0.1, -0.05) is 30.3 Å². The fourth-order valence-electron chi connectivity index (χ4n) is 1.66. The highest BCUT2D eigenvalue weighted by atomic mass is 16.5. The first-order chi connectivity index (χ1) is 7.72. The van der Waals surface area contributed by atoms with Crippen molar-refractivity contribution >= 4 is 11.9 Å². The highest BCUT2D eigenvalue weighted by Crippen LogP contribution is 2.13. The molecular weight excluding hydrogens is 208 g/mol. The van der Waals surface area contributed by atoms with E-state index in [1.165, 1.54) is 12.0 Å². The van der Waals surface area contributed by atoms with Crippen molar-refractivity contribution in [3.63, 3.8) is 0 Å². The molecule has 1 aromatic rings. The monoisotopic (exact) mass is 220 g/mol. The van der Waals surface area contributed by atoms with Crippen LogP contribution in [0.4, 0.5) is 4.79 Å². The lowest BCUT2D eigenvalue weighted by Gasteiger charge is -2.19.